The third-order valence-electron chi connectivity index (χ3n) is 4.64. The molecule has 1 unspecified atom stereocenters. The molecule has 5 nitrogen and oxygen atoms in total. The van der Waals surface area contributed by atoms with Gasteiger partial charge in [-0.05, 0) is 56.9 Å². The second kappa shape index (κ2) is 7.13. The Morgan fingerprint density at radius 2 is 2.12 bits per heavy atom. The summed E-state index contributed by atoms with van der Waals surface area (Å²) in [6, 6.07) is 6.23. The molecule has 1 aliphatic heterocycles. The van der Waals surface area contributed by atoms with E-state index in [1.54, 1.807) is 23.0 Å². The van der Waals surface area contributed by atoms with Crippen molar-refractivity contribution in [2.45, 2.75) is 38.6 Å². The maximum atomic E-state index is 13.1. The van der Waals surface area contributed by atoms with E-state index in [2.05, 4.69) is 5.10 Å². The first-order chi connectivity index (χ1) is 11.6. The average molecular weight is 331 g/mol. The molecule has 1 saturated heterocycles. The van der Waals surface area contributed by atoms with Gasteiger partial charge in [0.1, 0.15) is 5.82 Å². The van der Waals surface area contributed by atoms with Gasteiger partial charge in [-0.25, -0.2) is 9.07 Å². The molecule has 1 atom stereocenters. The fourth-order valence-corrected chi connectivity index (χ4v) is 3.35. The lowest BCUT2D eigenvalue weighted by Gasteiger charge is -2.24. The van der Waals surface area contributed by atoms with E-state index in [0.717, 1.165) is 37.2 Å². The van der Waals surface area contributed by atoms with Crippen molar-refractivity contribution < 1.29 is 14.3 Å². The highest BCUT2D eigenvalue weighted by Gasteiger charge is 2.30. The monoisotopic (exact) mass is 331 g/mol. The summed E-state index contributed by atoms with van der Waals surface area (Å²) in [4.78, 5) is 14.8. The van der Waals surface area contributed by atoms with Crippen molar-refractivity contribution in [3.05, 3.63) is 47.5 Å². The topological polar surface area (TPSA) is 58.4 Å². The first kappa shape index (κ1) is 16.6. The quantitative estimate of drug-likeness (QED) is 0.916. The third-order valence-corrected chi connectivity index (χ3v) is 4.64. The van der Waals surface area contributed by atoms with Crippen LogP contribution in [0.5, 0.6) is 0 Å². The van der Waals surface area contributed by atoms with Crippen LogP contribution in [0.2, 0.25) is 0 Å². The number of hydrogen-bond donors (Lipinski definition) is 1. The molecule has 1 aromatic carbocycles. The van der Waals surface area contributed by atoms with Crippen molar-refractivity contribution in [1.29, 1.82) is 0 Å². The first-order valence-electron chi connectivity index (χ1n) is 8.34. The Bertz CT molecular complexity index is 712. The van der Waals surface area contributed by atoms with Gasteiger partial charge in [-0.2, -0.15) is 5.10 Å². The number of aliphatic hydroxyl groups excluding tert-OH is 1. The molecule has 1 N–H and O–H groups in total. The number of rotatable bonds is 5. The molecule has 2 heterocycles. The van der Waals surface area contributed by atoms with E-state index in [0.29, 0.717) is 12.0 Å². The highest BCUT2D eigenvalue weighted by molar-refractivity contribution is 5.95. The lowest BCUT2D eigenvalue weighted by atomic mass is 10.1. The molecule has 1 amide bonds. The second-order valence-electron chi connectivity index (χ2n) is 6.19. The fraction of sp³-hybridized carbons (Fsp3) is 0.444. The summed E-state index contributed by atoms with van der Waals surface area (Å²) in [6.45, 7) is 2.75. The van der Waals surface area contributed by atoms with E-state index >= 15 is 0 Å². The number of carbonyl (C=O) groups excluding carboxylic acids is 1. The molecule has 0 aliphatic carbocycles. The van der Waals surface area contributed by atoms with Crippen molar-refractivity contribution in [3.8, 4) is 5.69 Å². The minimum Gasteiger partial charge on any atom is -0.396 e. The number of benzene rings is 1. The second-order valence-corrected chi connectivity index (χ2v) is 6.19. The smallest absolute Gasteiger partial charge is 0.257 e. The molecule has 128 valence electrons. The molecule has 0 spiro atoms. The summed E-state index contributed by atoms with van der Waals surface area (Å²) in [5, 5.41) is 13.3. The van der Waals surface area contributed by atoms with Crippen LogP contribution in [0.25, 0.3) is 5.69 Å². The van der Waals surface area contributed by atoms with Crippen molar-refractivity contribution >= 4 is 5.91 Å². The number of nitrogens with zero attached hydrogens (tertiary/aromatic N) is 3. The van der Waals surface area contributed by atoms with Gasteiger partial charge in [-0.3, -0.25) is 4.79 Å². The maximum Gasteiger partial charge on any atom is 0.257 e. The summed E-state index contributed by atoms with van der Waals surface area (Å²) < 4.78 is 14.7. The molecular formula is C18H22FN3O2. The molecule has 1 aliphatic rings. The predicted molar refractivity (Wildman–Crippen MR) is 88.6 cm³/mol. The number of aromatic nitrogens is 2. The van der Waals surface area contributed by atoms with Crippen molar-refractivity contribution in [3.63, 3.8) is 0 Å². The molecule has 0 saturated carbocycles. The zero-order valence-electron chi connectivity index (χ0n) is 13.8. The van der Waals surface area contributed by atoms with Crippen LogP contribution < -0.4 is 0 Å². The lowest BCUT2D eigenvalue weighted by molar-refractivity contribution is 0.0723. The van der Waals surface area contributed by atoms with Gasteiger partial charge in [-0.1, -0.05) is 0 Å². The Labute approximate surface area is 140 Å². The standard InChI is InChI=1S/C18H22FN3O2/c1-13-17(12-20-22(13)16-8-6-14(19)7-9-16)18(24)21-10-2-4-15(21)5-3-11-23/h6-9,12,15,23H,2-5,10-11H2,1H3. The number of halogens is 1. The largest absolute Gasteiger partial charge is 0.396 e. The lowest BCUT2D eigenvalue weighted by Crippen LogP contribution is -2.35. The van der Waals surface area contributed by atoms with E-state index in [1.807, 2.05) is 11.8 Å². The fourth-order valence-electron chi connectivity index (χ4n) is 3.35. The summed E-state index contributed by atoms with van der Waals surface area (Å²) in [5.74, 6) is -0.315. The minimum atomic E-state index is -0.302. The SMILES string of the molecule is Cc1c(C(=O)N2CCCC2CCCO)cnn1-c1ccc(F)cc1. The Hall–Kier alpha value is -2.21. The summed E-state index contributed by atoms with van der Waals surface area (Å²) in [7, 11) is 0. The number of likely N-dealkylation sites (tertiary alicyclic amines) is 1. The number of carbonyl (C=O) groups is 1. The summed E-state index contributed by atoms with van der Waals surface area (Å²) in [5.41, 5.74) is 2.06. The normalized spacial score (nSPS) is 17.5. The van der Waals surface area contributed by atoms with Crippen LogP contribution in [-0.4, -0.2) is 44.9 Å². The number of aliphatic hydroxyl groups is 1. The molecule has 1 aromatic heterocycles. The molecule has 0 bridgehead atoms. The van der Waals surface area contributed by atoms with Gasteiger partial charge in [-0.15, -0.1) is 0 Å². The third kappa shape index (κ3) is 3.19. The van der Waals surface area contributed by atoms with E-state index in [1.165, 1.54) is 12.1 Å². The van der Waals surface area contributed by atoms with E-state index in [-0.39, 0.29) is 24.4 Å². The summed E-state index contributed by atoms with van der Waals surface area (Å²) in [6.07, 6.45) is 5.10. The highest BCUT2D eigenvalue weighted by Crippen LogP contribution is 2.25. The molecule has 2 aromatic rings. The molecule has 3 rings (SSSR count). The molecular weight excluding hydrogens is 309 g/mol. The van der Waals surface area contributed by atoms with Crippen LogP contribution in [0.15, 0.2) is 30.5 Å². The zero-order chi connectivity index (χ0) is 17.1. The van der Waals surface area contributed by atoms with Gasteiger partial charge in [0.2, 0.25) is 0 Å². The van der Waals surface area contributed by atoms with Gasteiger partial charge in [0.05, 0.1) is 23.1 Å². The van der Waals surface area contributed by atoms with E-state index in [9.17, 15) is 9.18 Å². The van der Waals surface area contributed by atoms with Crippen LogP contribution in [-0.2, 0) is 0 Å². The van der Waals surface area contributed by atoms with Gasteiger partial charge in [0.15, 0.2) is 0 Å². The minimum absolute atomic E-state index is 0.0127. The Morgan fingerprint density at radius 3 is 2.83 bits per heavy atom. The average Bonchev–Trinajstić information content (AvgIpc) is 3.20. The molecule has 24 heavy (non-hydrogen) atoms. The number of amides is 1. The van der Waals surface area contributed by atoms with Crippen LogP contribution in [0.4, 0.5) is 4.39 Å². The maximum absolute atomic E-state index is 13.1. The Balaban J connectivity index is 1.82. The van der Waals surface area contributed by atoms with Gasteiger partial charge in [0, 0.05) is 19.2 Å². The predicted octanol–water partition coefficient (Wildman–Crippen LogP) is 2.70. The number of hydrogen-bond acceptors (Lipinski definition) is 3. The Morgan fingerprint density at radius 1 is 1.38 bits per heavy atom. The van der Waals surface area contributed by atoms with Gasteiger partial charge in [0.25, 0.3) is 5.91 Å². The van der Waals surface area contributed by atoms with E-state index < -0.39 is 0 Å². The van der Waals surface area contributed by atoms with Crippen molar-refractivity contribution in [2.75, 3.05) is 13.2 Å². The molecule has 6 heteroatoms. The summed E-state index contributed by atoms with van der Waals surface area (Å²) >= 11 is 0. The zero-order valence-corrected chi connectivity index (χ0v) is 13.8. The molecule has 0 radical (unpaired) electrons. The van der Waals surface area contributed by atoms with Crippen molar-refractivity contribution in [1.82, 2.24) is 14.7 Å². The van der Waals surface area contributed by atoms with Crippen LogP contribution in [0, 0.1) is 12.7 Å². The Kier molecular flexibility index (Phi) is 4.94. The van der Waals surface area contributed by atoms with Crippen molar-refractivity contribution in [2.24, 2.45) is 0 Å². The highest BCUT2D eigenvalue weighted by atomic mass is 19.1. The molecule has 1 fully saturated rings. The van der Waals surface area contributed by atoms with Gasteiger partial charge < -0.3 is 10.0 Å². The first-order valence-corrected chi connectivity index (χ1v) is 8.34. The van der Waals surface area contributed by atoms with E-state index in [4.69, 9.17) is 5.11 Å². The van der Waals surface area contributed by atoms with Gasteiger partial charge >= 0.3 is 0 Å². The van der Waals surface area contributed by atoms with Crippen LogP contribution >= 0.6 is 0 Å². The van der Waals surface area contributed by atoms with Crippen LogP contribution in [0.1, 0.15) is 41.7 Å². The van der Waals surface area contributed by atoms with Crippen LogP contribution in [0.3, 0.4) is 0 Å².